The zero-order chi connectivity index (χ0) is 22.5. The van der Waals surface area contributed by atoms with Gasteiger partial charge in [-0.05, 0) is 55.2 Å². The number of nitrogens with zero attached hydrogens (tertiary/aromatic N) is 1. The van der Waals surface area contributed by atoms with E-state index in [2.05, 4.69) is 10.1 Å². The Morgan fingerprint density at radius 2 is 2.00 bits per heavy atom. The standard InChI is InChI=1S/C23H26F2N2O4/c1-14-5-4-6-18(15(14)2)27-13-17(12-21(27)28)22(29)26-10-9-16-7-8-19(30-3)20(11-16)31-23(24)25/h4-8,11,17,23H,9-10,12-13H2,1-3H3,(H,26,29). The molecule has 2 amide bonds. The third-order valence-corrected chi connectivity index (χ3v) is 5.52. The average molecular weight is 432 g/mol. The highest BCUT2D eigenvalue weighted by Gasteiger charge is 2.35. The molecule has 1 unspecified atom stereocenters. The summed E-state index contributed by atoms with van der Waals surface area (Å²) in [5, 5.41) is 2.84. The number of hydrogen-bond donors (Lipinski definition) is 1. The van der Waals surface area contributed by atoms with Crippen molar-refractivity contribution in [2.45, 2.75) is 33.3 Å². The van der Waals surface area contributed by atoms with Crippen LogP contribution in [0.1, 0.15) is 23.1 Å². The second-order valence-electron chi connectivity index (χ2n) is 7.53. The van der Waals surface area contributed by atoms with Gasteiger partial charge in [-0.2, -0.15) is 8.78 Å². The molecule has 8 heteroatoms. The Morgan fingerprint density at radius 3 is 2.71 bits per heavy atom. The van der Waals surface area contributed by atoms with E-state index in [1.807, 2.05) is 32.0 Å². The number of anilines is 1. The lowest BCUT2D eigenvalue weighted by Crippen LogP contribution is -2.34. The second kappa shape index (κ2) is 9.76. The Labute approximate surface area is 180 Å². The molecule has 6 nitrogen and oxygen atoms in total. The van der Waals surface area contributed by atoms with Gasteiger partial charge in [0.25, 0.3) is 0 Å². The maximum atomic E-state index is 12.6. The van der Waals surface area contributed by atoms with Crippen molar-refractivity contribution in [2.24, 2.45) is 5.92 Å². The molecule has 166 valence electrons. The van der Waals surface area contributed by atoms with Crippen LogP contribution >= 0.6 is 0 Å². The Hall–Kier alpha value is -3.16. The van der Waals surface area contributed by atoms with E-state index >= 15 is 0 Å². The molecule has 1 fully saturated rings. The molecule has 0 spiro atoms. The molecule has 0 bridgehead atoms. The number of nitrogens with one attached hydrogen (secondary N) is 1. The van der Waals surface area contributed by atoms with E-state index in [4.69, 9.17) is 4.74 Å². The van der Waals surface area contributed by atoms with Gasteiger partial charge < -0.3 is 19.7 Å². The number of alkyl halides is 2. The van der Waals surface area contributed by atoms with E-state index in [1.54, 1.807) is 17.0 Å². The molecule has 3 rings (SSSR count). The maximum Gasteiger partial charge on any atom is 0.387 e. The molecule has 0 aromatic heterocycles. The van der Waals surface area contributed by atoms with Crippen molar-refractivity contribution in [3.05, 3.63) is 53.1 Å². The summed E-state index contributed by atoms with van der Waals surface area (Å²) in [6.45, 7) is 1.65. The predicted molar refractivity (Wildman–Crippen MR) is 113 cm³/mol. The molecule has 2 aromatic carbocycles. The van der Waals surface area contributed by atoms with Gasteiger partial charge in [0.2, 0.25) is 11.8 Å². The monoisotopic (exact) mass is 432 g/mol. The molecule has 0 radical (unpaired) electrons. The first-order valence-corrected chi connectivity index (χ1v) is 10.1. The number of rotatable bonds is 8. The molecule has 0 saturated carbocycles. The van der Waals surface area contributed by atoms with Gasteiger partial charge in [-0.1, -0.05) is 18.2 Å². The van der Waals surface area contributed by atoms with E-state index in [1.165, 1.54) is 13.2 Å². The van der Waals surface area contributed by atoms with Crippen LogP contribution in [0.4, 0.5) is 14.5 Å². The summed E-state index contributed by atoms with van der Waals surface area (Å²) in [7, 11) is 1.37. The van der Waals surface area contributed by atoms with Crippen molar-refractivity contribution in [1.29, 1.82) is 0 Å². The van der Waals surface area contributed by atoms with Gasteiger partial charge in [-0.25, -0.2) is 0 Å². The number of ether oxygens (including phenoxy) is 2. The summed E-state index contributed by atoms with van der Waals surface area (Å²) >= 11 is 0. The fourth-order valence-electron chi connectivity index (χ4n) is 3.68. The molecule has 0 aliphatic carbocycles. The number of amides is 2. The highest BCUT2D eigenvalue weighted by Crippen LogP contribution is 2.30. The Morgan fingerprint density at radius 1 is 1.23 bits per heavy atom. The van der Waals surface area contributed by atoms with Crippen LogP contribution in [0.15, 0.2) is 36.4 Å². The third kappa shape index (κ3) is 5.31. The molecule has 1 atom stereocenters. The van der Waals surface area contributed by atoms with Crippen LogP contribution in [-0.4, -0.2) is 38.6 Å². The lowest BCUT2D eigenvalue weighted by Gasteiger charge is -2.20. The third-order valence-electron chi connectivity index (χ3n) is 5.52. The van der Waals surface area contributed by atoms with Crippen LogP contribution in [0.3, 0.4) is 0 Å². The number of carbonyl (C=O) groups excluding carboxylic acids is 2. The van der Waals surface area contributed by atoms with Crippen LogP contribution in [0.5, 0.6) is 11.5 Å². The van der Waals surface area contributed by atoms with Crippen LogP contribution in [0.25, 0.3) is 0 Å². The molecule has 1 heterocycles. The predicted octanol–water partition coefficient (Wildman–Crippen LogP) is 3.63. The average Bonchev–Trinajstić information content (AvgIpc) is 3.11. The first-order chi connectivity index (χ1) is 14.8. The highest BCUT2D eigenvalue weighted by atomic mass is 19.3. The minimum Gasteiger partial charge on any atom is -0.493 e. The van der Waals surface area contributed by atoms with Crippen molar-refractivity contribution in [1.82, 2.24) is 5.32 Å². The van der Waals surface area contributed by atoms with Gasteiger partial charge in [-0.15, -0.1) is 0 Å². The van der Waals surface area contributed by atoms with Gasteiger partial charge in [0, 0.05) is 25.2 Å². The molecule has 1 saturated heterocycles. The first-order valence-electron chi connectivity index (χ1n) is 10.1. The number of methoxy groups -OCH3 is 1. The van der Waals surface area contributed by atoms with Gasteiger partial charge in [-0.3, -0.25) is 9.59 Å². The minimum atomic E-state index is -2.95. The smallest absolute Gasteiger partial charge is 0.387 e. The fraction of sp³-hybridized carbons (Fsp3) is 0.391. The van der Waals surface area contributed by atoms with Crippen molar-refractivity contribution >= 4 is 17.5 Å². The molecule has 1 aliphatic heterocycles. The summed E-state index contributed by atoms with van der Waals surface area (Å²) in [6.07, 6.45) is 0.588. The lowest BCUT2D eigenvalue weighted by atomic mass is 10.1. The van der Waals surface area contributed by atoms with E-state index in [0.29, 0.717) is 19.5 Å². The van der Waals surface area contributed by atoms with Crippen LogP contribution in [-0.2, 0) is 16.0 Å². The number of carbonyl (C=O) groups is 2. The molecule has 1 aliphatic rings. The summed E-state index contributed by atoms with van der Waals surface area (Å²) in [5.41, 5.74) is 3.67. The molecule has 2 aromatic rings. The zero-order valence-corrected chi connectivity index (χ0v) is 17.8. The maximum absolute atomic E-state index is 12.6. The summed E-state index contributed by atoms with van der Waals surface area (Å²) in [6, 6.07) is 10.5. The first kappa shape index (κ1) is 22.5. The highest BCUT2D eigenvalue weighted by molar-refractivity contribution is 6.00. The molecule has 31 heavy (non-hydrogen) atoms. The summed E-state index contributed by atoms with van der Waals surface area (Å²) in [4.78, 5) is 26.8. The van der Waals surface area contributed by atoms with Crippen LogP contribution in [0, 0.1) is 19.8 Å². The number of hydrogen-bond acceptors (Lipinski definition) is 4. The van der Waals surface area contributed by atoms with Crippen molar-refractivity contribution in [3.8, 4) is 11.5 Å². The Bertz CT molecular complexity index is 965. The Balaban J connectivity index is 1.57. The van der Waals surface area contributed by atoms with E-state index in [0.717, 1.165) is 22.4 Å². The van der Waals surface area contributed by atoms with Crippen molar-refractivity contribution < 1.29 is 27.8 Å². The van der Waals surface area contributed by atoms with Crippen molar-refractivity contribution in [3.63, 3.8) is 0 Å². The topological polar surface area (TPSA) is 67.9 Å². The van der Waals surface area contributed by atoms with Crippen LogP contribution in [0.2, 0.25) is 0 Å². The second-order valence-corrected chi connectivity index (χ2v) is 7.53. The van der Waals surface area contributed by atoms with Gasteiger partial charge >= 0.3 is 6.61 Å². The van der Waals surface area contributed by atoms with Gasteiger partial charge in [0.05, 0.1) is 13.0 Å². The zero-order valence-electron chi connectivity index (χ0n) is 17.8. The summed E-state index contributed by atoms with van der Waals surface area (Å²) in [5.74, 6) is -0.534. The van der Waals surface area contributed by atoms with Crippen molar-refractivity contribution in [2.75, 3.05) is 25.1 Å². The number of halogens is 2. The summed E-state index contributed by atoms with van der Waals surface area (Å²) < 4.78 is 34.6. The number of benzene rings is 2. The fourth-order valence-corrected chi connectivity index (χ4v) is 3.68. The van der Waals surface area contributed by atoms with Crippen LogP contribution < -0.4 is 19.7 Å². The largest absolute Gasteiger partial charge is 0.493 e. The van der Waals surface area contributed by atoms with E-state index < -0.39 is 12.5 Å². The molecular weight excluding hydrogens is 406 g/mol. The lowest BCUT2D eigenvalue weighted by molar-refractivity contribution is -0.126. The number of aryl methyl sites for hydroxylation is 1. The quantitative estimate of drug-likeness (QED) is 0.692. The van der Waals surface area contributed by atoms with E-state index in [-0.39, 0.29) is 29.7 Å². The normalized spacial score (nSPS) is 16.0. The SMILES string of the molecule is COc1ccc(CCNC(=O)C2CC(=O)N(c3cccc(C)c3C)C2)cc1OC(F)F. The molecular formula is C23H26F2N2O4. The van der Waals surface area contributed by atoms with E-state index in [9.17, 15) is 18.4 Å². The molecule has 1 N–H and O–H groups in total. The van der Waals surface area contributed by atoms with Gasteiger partial charge in [0.1, 0.15) is 0 Å². The van der Waals surface area contributed by atoms with Gasteiger partial charge in [0.15, 0.2) is 11.5 Å². The Kier molecular flexibility index (Phi) is 7.09. The minimum absolute atomic E-state index is 0.0492.